The predicted octanol–water partition coefficient (Wildman–Crippen LogP) is 3.09. The van der Waals surface area contributed by atoms with E-state index in [1.165, 1.54) is 6.07 Å². The highest BCUT2D eigenvalue weighted by atomic mass is 31.2. The summed E-state index contributed by atoms with van der Waals surface area (Å²) in [5.74, 6) is -0.367. The van der Waals surface area contributed by atoms with Crippen LogP contribution in [-0.4, -0.2) is 51.3 Å². The van der Waals surface area contributed by atoms with Crippen LogP contribution in [0.5, 0.6) is 0 Å². The first-order valence-electron chi connectivity index (χ1n) is 10.7. The highest BCUT2D eigenvalue weighted by molar-refractivity contribution is 7.77. The second kappa shape index (κ2) is 8.38. The third-order valence-electron chi connectivity index (χ3n) is 6.01. The van der Waals surface area contributed by atoms with Gasteiger partial charge in [0.1, 0.15) is 12.3 Å². The summed E-state index contributed by atoms with van der Waals surface area (Å²) in [5.41, 5.74) is 0.772. The highest BCUT2D eigenvalue weighted by Gasteiger charge is 2.46. The van der Waals surface area contributed by atoms with Crippen molar-refractivity contribution in [3.05, 3.63) is 69.9 Å². The number of aromatic amines is 1. The van der Waals surface area contributed by atoms with Crippen LogP contribution in [0.1, 0.15) is 32.0 Å². The summed E-state index contributed by atoms with van der Waals surface area (Å²) in [6, 6.07) is 12.1. The molecule has 1 aliphatic heterocycles. The van der Waals surface area contributed by atoms with Crippen LogP contribution in [0.25, 0.3) is 10.8 Å². The van der Waals surface area contributed by atoms with Gasteiger partial charge in [0.15, 0.2) is 18.6 Å². The van der Waals surface area contributed by atoms with Gasteiger partial charge in [-0.05, 0) is 23.8 Å². The van der Waals surface area contributed by atoms with Crippen molar-refractivity contribution in [3.63, 3.8) is 0 Å². The number of H-pyrrole nitrogens is 1. The number of halogens is 1. The van der Waals surface area contributed by atoms with E-state index in [4.69, 9.17) is 0 Å². The quantitative estimate of drug-likeness (QED) is 0.593. The van der Waals surface area contributed by atoms with E-state index in [9.17, 15) is 18.9 Å². The lowest BCUT2D eigenvalue weighted by Crippen LogP contribution is -2.47. The largest absolute Gasteiger partial charge is 0.335 e. The van der Waals surface area contributed by atoms with E-state index in [1.807, 2.05) is 32.9 Å². The summed E-state index contributed by atoms with van der Waals surface area (Å²) < 4.78 is 14.8. The molecule has 32 heavy (non-hydrogen) atoms. The topological polar surface area (TPSA) is 86.3 Å². The Morgan fingerprint density at radius 2 is 1.81 bits per heavy atom. The van der Waals surface area contributed by atoms with Crippen molar-refractivity contribution in [1.82, 2.24) is 15.1 Å². The molecule has 1 aliphatic rings. The van der Waals surface area contributed by atoms with Gasteiger partial charge in [0.05, 0.1) is 24.2 Å². The molecule has 1 amide bonds. The summed E-state index contributed by atoms with van der Waals surface area (Å²) in [6.07, 6.45) is 1.17. The Morgan fingerprint density at radius 3 is 2.47 bits per heavy atom. The van der Waals surface area contributed by atoms with Crippen molar-refractivity contribution in [2.45, 2.75) is 27.2 Å². The van der Waals surface area contributed by atoms with E-state index in [0.29, 0.717) is 48.2 Å². The maximum Gasteiger partial charge on any atom is 0.272 e. The van der Waals surface area contributed by atoms with Crippen molar-refractivity contribution in [2.75, 3.05) is 25.4 Å². The van der Waals surface area contributed by atoms with Crippen LogP contribution < -0.4 is 10.9 Å². The number of aromatic nitrogens is 2. The third kappa shape index (κ3) is 4.32. The van der Waals surface area contributed by atoms with Gasteiger partial charge in [-0.1, -0.05) is 45.0 Å². The molecule has 0 radical (unpaired) electrons. The van der Waals surface area contributed by atoms with E-state index in [1.54, 1.807) is 29.2 Å². The average molecular weight is 456 g/mol. The zero-order valence-electron chi connectivity index (χ0n) is 18.6. The summed E-state index contributed by atoms with van der Waals surface area (Å²) in [7, 11) is -2.72. The fraction of sp³-hybridized carbons (Fsp3) is 0.375. The molecule has 2 heterocycles. The molecular weight excluding hydrogens is 428 g/mol. The Labute approximate surface area is 186 Å². The Morgan fingerprint density at radius 1 is 1.16 bits per heavy atom. The number of carbonyl (C=O) groups excluding carboxylic acids is 1. The maximum atomic E-state index is 14.8. The number of nitrogens with one attached hydrogen (secondary N) is 1. The first kappa shape index (κ1) is 22.6. The monoisotopic (exact) mass is 456 g/mol. The van der Waals surface area contributed by atoms with E-state index in [-0.39, 0.29) is 11.5 Å². The summed E-state index contributed by atoms with van der Waals surface area (Å²) in [6.45, 7) is 6.49. The van der Waals surface area contributed by atoms with Crippen LogP contribution in [0.15, 0.2) is 47.3 Å². The molecule has 3 aromatic rings. The molecule has 0 unspecified atom stereocenters. The van der Waals surface area contributed by atoms with E-state index >= 15 is 0 Å². The van der Waals surface area contributed by atoms with Gasteiger partial charge in [0, 0.05) is 17.2 Å². The predicted molar refractivity (Wildman–Crippen MR) is 126 cm³/mol. The number of rotatable bonds is 3. The number of nitrogens with zero attached hydrogens (tertiary/aromatic N) is 2. The van der Waals surface area contributed by atoms with Gasteiger partial charge < -0.3 is 4.90 Å². The van der Waals surface area contributed by atoms with Gasteiger partial charge in [-0.2, -0.15) is 5.10 Å². The van der Waals surface area contributed by atoms with Crippen molar-refractivity contribution in [2.24, 2.45) is 5.41 Å². The smallest absolute Gasteiger partial charge is 0.272 e. The van der Waals surface area contributed by atoms with Crippen molar-refractivity contribution >= 4 is 29.5 Å². The van der Waals surface area contributed by atoms with Crippen molar-refractivity contribution in [3.8, 4) is 0 Å². The SMILES string of the molecule is CC(C)(C)C(=O)N1CC[P+](O)(c2cc(Cc3n[nH]c(=O)c4ccccc34)ccc2F)CC1. The molecule has 168 valence electrons. The Balaban J connectivity index is 1.60. The minimum atomic E-state index is -2.72. The van der Waals surface area contributed by atoms with Crippen LogP contribution >= 0.6 is 7.49 Å². The van der Waals surface area contributed by atoms with Crippen LogP contribution in [0, 0.1) is 11.2 Å². The highest BCUT2D eigenvalue weighted by Crippen LogP contribution is 2.55. The fourth-order valence-electron chi connectivity index (χ4n) is 4.20. The lowest BCUT2D eigenvalue weighted by Gasteiger charge is -2.35. The van der Waals surface area contributed by atoms with Gasteiger partial charge in [-0.15, -0.1) is 0 Å². The number of hydrogen-bond donors (Lipinski definition) is 2. The first-order chi connectivity index (χ1) is 15.1. The van der Waals surface area contributed by atoms with Crippen LogP contribution in [0.2, 0.25) is 0 Å². The molecule has 4 rings (SSSR count). The molecule has 0 saturated carbocycles. The number of fused-ring (bicyclic) bond motifs is 1. The number of hydrogen-bond acceptors (Lipinski definition) is 4. The molecule has 0 aliphatic carbocycles. The van der Waals surface area contributed by atoms with Crippen LogP contribution in [-0.2, 0) is 11.2 Å². The Bertz CT molecular complexity index is 1230. The fourth-order valence-corrected chi connectivity index (χ4v) is 6.93. The first-order valence-corrected chi connectivity index (χ1v) is 12.8. The molecule has 2 aromatic carbocycles. The zero-order valence-corrected chi connectivity index (χ0v) is 19.5. The molecule has 1 fully saturated rings. The molecule has 0 atom stereocenters. The second-order valence-corrected chi connectivity index (χ2v) is 12.6. The van der Waals surface area contributed by atoms with E-state index in [0.717, 1.165) is 10.9 Å². The lowest BCUT2D eigenvalue weighted by atomic mass is 9.95. The van der Waals surface area contributed by atoms with Crippen LogP contribution in [0.4, 0.5) is 4.39 Å². The van der Waals surface area contributed by atoms with Gasteiger partial charge in [0.25, 0.3) is 5.56 Å². The zero-order chi connectivity index (χ0) is 23.1. The molecule has 1 saturated heterocycles. The van der Waals surface area contributed by atoms with Crippen molar-refractivity contribution in [1.29, 1.82) is 0 Å². The molecule has 0 bridgehead atoms. The minimum Gasteiger partial charge on any atom is -0.335 e. The summed E-state index contributed by atoms with van der Waals surface area (Å²) in [4.78, 5) is 37.8. The van der Waals surface area contributed by atoms with Gasteiger partial charge >= 0.3 is 0 Å². The summed E-state index contributed by atoms with van der Waals surface area (Å²) >= 11 is 0. The second-order valence-electron chi connectivity index (χ2n) is 9.42. The average Bonchev–Trinajstić information content (AvgIpc) is 2.76. The molecule has 6 nitrogen and oxygen atoms in total. The number of carbonyl (C=O) groups is 1. The summed E-state index contributed by atoms with van der Waals surface area (Å²) in [5, 5.41) is 8.40. The normalized spacial score (nSPS) is 16.3. The molecule has 0 spiro atoms. The van der Waals surface area contributed by atoms with Gasteiger partial charge in [-0.3, -0.25) is 9.59 Å². The Kier molecular flexibility index (Phi) is 5.91. The van der Waals surface area contributed by atoms with Crippen molar-refractivity contribution < 1.29 is 14.1 Å². The van der Waals surface area contributed by atoms with E-state index < -0.39 is 18.7 Å². The van der Waals surface area contributed by atoms with Crippen LogP contribution in [0.3, 0.4) is 0 Å². The molecule has 2 N–H and O–H groups in total. The van der Waals surface area contributed by atoms with Gasteiger partial charge in [0.2, 0.25) is 5.91 Å². The Hall–Kier alpha value is -2.63. The molecule has 8 heteroatoms. The maximum absolute atomic E-state index is 14.8. The van der Waals surface area contributed by atoms with Gasteiger partial charge in [-0.25, -0.2) is 14.4 Å². The molecular formula is C24H28FN3O3P+. The van der Waals surface area contributed by atoms with E-state index in [2.05, 4.69) is 10.2 Å². The standard InChI is InChI=1S/C24H27FN3O3P/c1-24(2,3)23(30)28-10-12-32(31,13-11-28)21-15-16(8-9-19(21)25)14-20-17-6-4-5-7-18(17)22(29)27-26-20/h4-9,15,31H,10-14H2,1-3H3/p+1. The lowest BCUT2D eigenvalue weighted by molar-refractivity contribution is -0.139. The minimum absolute atomic E-state index is 0.0500. The third-order valence-corrected chi connectivity index (χ3v) is 9.13. The molecule has 1 aromatic heterocycles. The number of amides is 1. The number of benzene rings is 2.